The molecule has 0 saturated heterocycles. The van der Waals surface area contributed by atoms with Gasteiger partial charge in [-0.2, -0.15) is 8.42 Å². The molecule has 0 N–H and O–H groups in total. The van der Waals surface area contributed by atoms with E-state index in [1.807, 2.05) is 6.92 Å². The topological polar surface area (TPSA) is 60.7 Å². The smallest absolute Gasteiger partial charge is 0.285 e. The van der Waals surface area contributed by atoms with Crippen LogP contribution in [-0.4, -0.2) is 26.7 Å². The minimum absolute atomic E-state index is 0.0329. The van der Waals surface area contributed by atoms with E-state index in [-0.39, 0.29) is 33.1 Å². The Hall–Kier alpha value is -2.10. The van der Waals surface area contributed by atoms with Crippen molar-refractivity contribution in [2.24, 2.45) is 4.40 Å². The van der Waals surface area contributed by atoms with Gasteiger partial charge in [-0.25, -0.2) is 8.78 Å². The lowest BCUT2D eigenvalue weighted by Gasteiger charge is -2.05. The Kier molecular flexibility index (Phi) is 5.22. The molecule has 0 fully saturated rings. The predicted octanol–water partition coefficient (Wildman–Crippen LogP) is 3.23. The Bertz CT molecular complexity index is 1120. The molecule has 0 bridgehead atoms. The lowest BCUT2D eigenvalue weighted by molar-refractivity contribution is 0.187. The van der Waals surface area contributed by atoms with Gasteiger partial charge in [0.05, 0.1) is 21.7 Å². The average molecular weight is 398 g/mol. The van der Waals surface area contributed by atoms with Crippen LogP contribution in [0.15, 0.2) is 45.7 Å². The molecule has 2 aromatic carbocycles. The molecule has 3 rings (SSSR count). The summed E-state index contributed by atoms with van der Waals surface area (Å²) in [5, 5.41) is 0. The van der Waals surface area contributed by atoms with E-state index in [0.717, 1.165) is 29.0 Å². The Morgan fingerprint density at radius 1 is 1.19 bits per heavy atom. The van der Waals surface area contributed by atoms with E-state index in [1.54, 1.807) is 12.1 Å². The summed E-state index contributed by atoms with van der Waals surface area (Å²) in [5.41, 5.74) is 1.02. The molecule has 1 aromatic heterocycles. The Morgan fingerprint density at radius 3 is 2.54 bits per heavy atom. The number of ether oxygens (including phenoxy) is 1. The molecule has 0 radical (unpaired) electrons. The summed E-state index contributed by atoms with van der Waals surface area (Å²) in [5.74, 6) is -1.51. The normalized spacial score (nSPS) is 12.8. The van der Waals surface area contributed by atoms with Gasteiger partial charge in [0.1, 0.15) is 5.82 Å². The number of sulfonamides is 1. The zero-order valence-electron chi connectivity index (χ0n) is 14.1. The molecule has 0 unspecified atom stereocenters. The number of aryl methyl sites for hydroxylation is 1. The van der Waals surface area contributed by atoms with Gasteiger partial charge in [0.2, 0.25) is 4.80 Å². The van der Waals surface area contributed by atoms with Crippen LogP contribution in [0.5, 0.6) is 0 Å². The first-order valence-corrected chi connectivity index (χ1v) is 9.92. The Labute approximate surface area is 153 Å². The summed E-state index contributed by atoms with van der Waals surface area (Å²) in [6.07, 6.45) is 0. The van der Waals surface area contributed by atoms with Crippen molar-refractivity contribution in [2.75, 3.05) is 13.7 Å². The van der Waals surface area contributed by atoms with Crippen LogP contribution in [0.4, 0.5) is 8.78 Å². The SMILES string of the molecule is COCCn1c(=NS(=O)(=O)c2ccc(C)cc2)sc2cc(F)cc(F)c21. The molecule has 0 saturated carbocycles. The number of rotatable bonds is 5. The van der Waals surface area contributed by atoms with Gasteiger partial charge < -0.3 is 9.30 Å². The van der Waals surface area contributed by atoms with Gasteiger partial charge in [-0.15, -0.1) is 4.40 Å². The van der Waals surface area contributed by atoms with Crippen LogP contribution in [0, 0.1) is 18.6 Å². The lowest BCUT2D eigenvalue weighted by Crippen LogP contribution is -2.20. The fourth-order valence-electron chi connectivity index (χ4n) is 2.45. The average Bonchev–Trinajstić information content (AvgIpc) is 2.89. The zero-order chi connectivity index (χ0) is 18.9. The molecule has 0 aliphatic rings. The second-order valence-corrected chi connectivity index (χ2v) is 8.26. The number of hydrogen-bond acceptors (Lipinski definition) is 4. The van der Waals surface area contributed by atoms with Gasteiger partial charge in [-0.05, 0) is 25.1 Å². The molecule has 0 aliphatic heterocycles. The van der Waals surface area contributed by atoms with E-state index in [4.69, 9.17) is 4.74 Å². The summed E-state index contributed by atoms with van der Waals surface area (Å²) >= 11 is 0.909. The molecule has 0 aliphatic carbocycles. The third-order valence-electron chi connectivity index (χ3n) is 3.73. The van der Waals surface area contributed by atoms with Gasteiger partial charge >= 0.3 is 0 Å². The molecule has 9 heteroatoms. The van der Waals surface area contributed by atoms with Crippen LogP contribution in [0.3, 0.4) is 0 Å². The van der Waals surface area contributed by atoms with E-state index < -0.39 is 21.7 Å². The van der Waals surface area contributed by atoms with Crippen molar-refractivity contribution in [3.63, 3.8) is 0 Å². The molecule has 1 heterocycles. The van der Waals surface area contributed by atoms with Crippen molar-refractivity contribution in [1.29, 1.82) is 0 Å². The molecule has 3 aromatic rings. The first kappa shape index (κ1) is 18.7. The van der Waals surface area contributed by atoms with Crippen molar-refractivity contribution in [1.82, 2.24) is 4.57 Å². The maximum Gasteiger partial charge on any atom is 0.285 e. The largest absolute Gasteiger partial charge is 0.383 e. The van der Waals surface area contributed by atoms with Crippen LogP contribution in [0.1, 0.15) is 5.56 Å². The third-order valence-corrected chi connectivity index (χ3v) is 6.15. The first-order chi connectivity index (χ1) is 12.3. The number of halogens is 2. The molecule has 0 atom stereocenters. The van der Waals surface area contributed by atoms with E-state index >= 15 is 0 Å². The van der Waals surface area contributed by atoms with Gasteiger partial charge in [-0.1, -0.05) is 29.0 Å². The molecule has 26 heavy (non-hydrogen) atoms. The number of benzene rings is 2. The maximum atomic E-state index is 14.3. The van der Waals surface area contributed by atoms with Crippen LogP contribution in [-0.2, 0) is 21.3 Å². The molecule has 5 nitrogen and oxygen atoms in total. The van der Waals surface area contributed by atoms with Crippen molar-refractivity contribution >= 4 is 31.6 Å². The van der Waals surface area contributed by atoms with E-state index in [2.05, 4.69) is 4.40 Å². The van der Waals surface area contributed by atoms with Crippen molar-refractivity contribution in [2.45, 2.75) is 18.4 Å². The van der Waals surface area contributed by atoms with Crippen LogP contribution in [0.2, 0.25) is 0 Å². The highest BCUT2D eigenvalue weighted by Gasteiger charge is 2.17. The van der Waals surface area contributed by atoms with Gasteiger partial charge in [0.25, 0.3) is 10.0 Å². The number of aromatic nitrogens is 1. The van der Waals surface area contributed by atoms with Gasteiger partial charge in [0.15, 0.2) is 5.82 Å². The number of methoxy groups -OCH3 is 1. The van der Waals surface area contributed by atoms with Crippen molar-refractivity contribution in [3.05, 3.63) is 58.4 Å². The number of nitrogens with zero attached hydrogens (tertiary/aromatic N) is 2. The second kappa shape index (κ2) is 7.26. The standard InChI is InChI=1S/C17H16F2N2O3S2/c1-11-3-5-13(6-4-11)26(22,23)20-17-21(7-8-24-2)16-14(19)9-12(18)10-15(16)25-17/h3-6,9-10H,7-8H2,1-2H3. The third kappa shape index (κ3) is 3.69. The van der Waals surface area contributed by atoms with E-state index in [9.17, 15) is 17.2 Å². The van der Waals surface area contributed by atoms with Crippen molar-refractivity contribution in [3.8, 4) is 0 Å². The Balaban J connectivity index is 2.24. The molecular weight excluding hydrogens is 382 g/mol. The summed E-state index contributed by atoms with van der Waals surface area (Å²) in [6, 6.07) is 8.17. The number of thiazole rings is 1. The van der Waals surface area contributed by atoms with E-state index in [0.29, 0.717) is 0 Å². The highest BCUT2D eigenvalue weighted by molar-refractivity contribution is 7.90. The second-order valence-electron chi connectivity index (χ2n) is 5.64. The van der Waals surface area contributed by atoms with Gasteiger partial charge in [-0.3, -0.25) is 0 Å². The summed E-state index contributed by atoms with van der Waals surface area (Å²) in [7, 11) is -2.51. The fraction of sp³-hybridized carbons (Fsp3) is 0.235. The maximum absolute atomic E-state index is 14.3. The Morgan fingerprint density at radius 2 is 1.88 bits per heavy atom. The molecule has 0 spiro atoms. The predicted molar refractivity (Wildman–Crippen MR) is 95.5 cm³/mol. The highest BCUT2D eigenvalue weighted by atomic mass is 32.2. The molecule has 0 amide bonds. The summed E-state index contributed by atoms with van der Waals surface area (Å²) in [4.78, 5) is 0.0904. The number of hydrogen-bond donors (Lipinski definition) is 0. The van der Waals surface area contributed by atoms with Crippen LogP contribution < -0.4 is 4.80 Å². The fourth-order valence-corrected chi connectivity index (χ4v) is 4.75. The lowest BCUT2D eigenvalue weighted by atomic mass is 10.2. The summed E-state index contributed by atoms with van der Waals surface area (Å²) in [6.45, 7) is 2.25. The minimum Gasteiger partial charge on any atom is -0.383 e. The zero-order valence-corrected chi connectivity index (χ0v) is 15.7. The number of fused-ring (bicyclic) bond motifs is 1. The van der Waals surface area contributed by atoms with Crippen LogP contribution >= 0.6 is 11.3 Å². The van der Waals surface area contributed by atoms with E-state index in [1.165, 1.54) is 23.8 Å². The highest BCUT2D eigenvalue weighted by Crippen LogP contribution is 2.23. The van der Waals surface area contributed by atoms with Crippen LogP contribution in [0.25, 0.3) is 10.2 Å². The van der Waals surface area contributed by atoms with Gasteiger partial charge in [0, 0.05) is 19.7 Å². The van der Waals surface area contributed by atoms with Crippen molar-refractivity contribution < 1.29 is 21.9 Å². The summed E-state index contributed by atoms with van der Waals surface area (Å²) < 4.78 is 63.5. The molecular formula is C17H16F2N2O3S2. The quantitative estimate of drug-likeness (QED) is 0.663. The monoisotopic (exact) mass is 398 g/mol. The minimum atomic E-state index is -3.99. The first-order valence-electron chi connectivity index (χ1n) is 7.67. The molecule has 138 valence electrons.